The summed E-state index contributed by atoms with van der Waals surface area (Å²) < 4.78 is 17.2. The lowest BCUT2D eigenvalue weighted by Gasteiger charge is -2.18. The Bertz CT molecular complexity index is 551. The molecule has 1 amide bonds. The third-order valence-corrected chi connectivity index (χ3v) is 4.86. The zero-order valence-electron chi connectivity index (χ0n) is 12.2. The van der Waals surface area contributed by atoms with Gasteiger partial charge in [0.2, 0.25) is 0 Å². The van der Waals surface area contributed by atoms with E-state index in [1.165, 1.54) is 6.66 Å². The number of hydrogen-bond donors (Lipinski definition) is 2. The van der Waals surface area contributed by atoms with Crippen LogP contribution in [-0.4, -0.2) is 48.3 Å². The van der Waals surface area contributed by atoms with Gasteiger partial charge >= 0.3 is 5.97 Å². The van der Waals surface area contributed by atoms with Crippen LogP contribution < -0.4 is 5.32 Å². The Labute approximate surface area is 134 Å². The Morgan fingerprint density at radius 3 is 2.55 bits per heavy atom. The summed E-state index contributed by atoms with van der Waals surface area (Å²) in [6.45, 7) is 1.57. The van der Waals surface area contributed by atoms with Crippen molar-refractivity contribution in [2.75, 3.05) is 25.3 Å². The van der Waals surface area contributed by atoms with E-state index in [0.29, 0.717) is 5.56 Å². The fourth-order valence-corrected chi connectivity index (χ4v) is 3.26. The number of carbonyl (C=O) groups is 2. The average Bonchev–Trinajstić information content (AvgIpc) is 2.49. The molecule has 0 aromatic heterocycles. The van der Waals surface area contributed by atoms with Crippen molar-refractivity contribution in [2.24, 2.45) is 0 Å². The first-order valence-corrected chi connectivity index (χ1v) is 9.50. The number of nitrogens with one attached hydrogen (secondary N) is 1. The molecule has 0 radical (unpaired) electrons. The SMILES string of the molecule is CP(=O)(CCC(NC(=O)c1ccccc1)C(=O)O)OCCCl. The highest BCUT2D eigenvalue weighted by molar-refractivity contribution is 7.58. The lowest BCUT2D eigenvalue weighted by molar-refractivity contribution is -0.139. The van der Waals surface area contributed by atoms with Gasteiger partial charge in [-0.2, -0.15) is 0 Å². The molecule has 2 unspecified atom stereocenters. The maximum atomic E-state index is 12.1. The predicted octanol–water partition coefficient (Wildman–Crippen LogP) is 2.42. The van der Waals surface area contributed by atoms with Crippen LogP contribution in [0.3, 0.4) is 0 Å². The monoisotopic (exact) mass is 347 g/mol. The minimum atomic E-state index is -2.92. The number of hydrogen-bond acceptors (Lipinski definition) is 4. The van der Waals surface area contributed by atoms with E-state index in [1.807, 2.05) is 0 Å². The number of aliphatic carboxylic acids is 1. The second-order valence-corrected chi connectivity index (χ2v) is 7.89. The maximum Gasteiger partial charge on any atom is 0.326 e. The van der Waals surface area contributed by atoms with E-state index in [1.54, 1.807) is 30.3 Å². The highest BCUT2D eigenvalue weighted by atomic mass is 35.5. The van der Waals surface area contributed by atoms with Crippen molar-refractivity contribution in [3.8, 4) is 0 Å². The van der Waals surface area contributed by atoms with E-state index in [9.17, 15) is 19.3 Å². The van der Waals surface area contributed by atoms with Crippen molar-refractivity contribution in [3.63, 3.8) is 0 Å². The molecular weight excluding hydrogens is 329 g/mol. The van der Waals surface area contributed by atoms with Crippen LogP contribution in [0.15, 0.2) is 30.3 Å². The first kappa shape index (κ1) is 18.7. The second kappa shape index (κ2) is 8.93. The number of carboxylic acid groups (broad SMARTS) is 1. The summed E-state index contributed by atoms with van der Waals surface area (Å²) in [6, 6.07) is 7.18. The van der Waals surface area contributed by atoms with E-state index in [4.69, 9.17) is 16.1 Å². The number of halogens is 1. The maximum absolute atomic E-state index is 12.1. The molecule has 8 heteroatoms. The summed E-state index contributed by atoms with van der Waals surface area (Å²) in [5.74, 6) is -1.45. The van der Waals surface area contributed by atoms with Crippen LogP contribution in [0.4, 0.5) is 0 Å². The van der Waals surface area contributed by atoms with Gasteiger partial charge in [-0.3, -0.25) is 9.36 Å². The minimum Gasteiger partial charge on any atom is -0.480 e. The van der Waals surface area contributed by atoms with Gasteiger partial charge in [-0.1, -0.05) is 18.2 Å². The molecule has 0 saturated heterocycles. The third-order valence-electron chi connectivity index (χ3n) is 2.90. The van der Waals surface area contributed by atoms with Gasteiger partial charge in [0.1, 0.15) is 6.04 Å². The molecule has 1 aromatic rings. The normalized spacial score (nSPS) is 14.8. The van der Waals surface area contributed by atoms with Crippen molar-refractivity contribution >= 4 is 30.8 Å². The number of benzene rings is 1. The number of carboxylic acids is 1. The second-order valence-electron chi connectivity index (χ2n) is 4.78. The highest BCUT2D eigenvalue weighted by Crippen LogP contribution is 2.43. The van der Waals surface area contributed by atoms with Crippen LogP contribution in [0.25, 0.3) is 0 Å². The molecule has 0 bridgehead atoms. The largest absolute Gasteiger partial charge is 0.480 e. The standard InChI is InChI=1S/C14H19ClNO5P/c1-22(20,21-9-8-15)10-7-12(14(18)19)16-13(17)11-5-3-2-4-6-11/h2-6,12H,7-10H2,1H3,(H,16,17)(H,18,19). The van der Waals surface area contributed by atoms with E-state index < -0.39 is 25.3 Å². The fraction of sp³-hybridized carbons (Fsp3) is 0.429. The fourth-order valence-electron chi connectivity index (χ4n) is 1.74. The summed E-state index contributed by atoms with van der Waals surface area (Å²) in [7, 11) is -2.92. The molecule has 0 aliphatic heterocycles. The van der Waals surface area contributed by atoms with Crippen molar-refractivity contribution in [1.29, 1.82) is 0 Å². The smallest absolute Gasteiger partial charge is 0.326 e. The summed E-state index contributed by atoms with van der Waals surface area (Å²) in [5, 5.41) is 11.6. The van der Waals surface area contributed by atoms with Gasteiger partial charge in [-0.25, -0.2) is 4.79 Å². The van der Waals surface area contributed by atoms with Crippen molar-refractivity contribution in [3.05, 3.63) is 35.9 Å². The number of rotatable bonds is 9. The van der Waals surface area contributed by atoms with Gasteiger partial charge in [-0.15, -0.1) is 11.6 Å². The molecule has 6 nitrogen and oxygen atoms in total. The van der Waals surface area contributed by atoms with Crippen LogP contribution in [-0.2, 0) is 13.9 Å². The molecule has 2 atom stereocenters. The molecule has 122 valence electrons. The molecule has 0 aliphatic carbocycles. The van der Waals surface area contributed by atoms with E-state index in [0.717, 1.165) is 0 Å². The van der Waals surface area contributed by atoms with Crippen LogP contribution in [0.5, 0.6) is 0 Å². The number of carbonyl (C=O) groups excluding carboxylic acids is 1. The summed E-state index contributed by atoms with van der Waals surface area (Å²) in [5.41, 5.74) is 0.367. The minimum absolute atomic E-state index is 0.0178. The number of alkyl halides is 1. The van der Waals surface area contributed by atoms with Crippen molar-refractivity contribution in [2.45, 2.75) is 12.5 Å². The van der Waals surface area contributed by atoms with Gasteiger partial charge in [0.15, 0.2) is 7.37 Å². The van der Waals surface area contributed by atoms with E-state index in [2.05, 4.69) is 5.32 Å². The Morgan fingerprint density at radius 1 is 1.36 bits per heavy atom. The van der Waals surface area contributed by atoms with Gasteiger partial charge in [0.25, 0.3) is 5.91 Å². The van der Waals surface area contributed by atoms with E-state index in [-0.39, 0.29) is 25.1 Å². The number of amides is 1. The zero-order chi connectivity index (χ0) is 16.6. The van der Waals surface area contributed by atoms with Crippen molar-refractivity contribution < 1.29 is 23.8 Å². The zero-order valence-corrected chi connectivity index (χ0v) is 13.8. The molecule has 0 fully saturated rings. The Balaban J connectivity index is 2.61. The lowest BCUT2D eigenvalue weighted by atomic mass is 10.1. The summed E-state index contributed by atoms with van der Waals surface area (Å²) in [6.07, 6.45) is 0.0693. The molecule has 2 N–H and O–H groups in total. The predicted molar refractivity (Wildman–Crippen MR) is 85.0 cm³/mol. The lowest BCUT2D eigenvalue weighted by Crippen LogP contribution is -2.41. The molecule has 0 aliphatic rings. The van der Waals surface area contributed by atoms with Gasteiger partial charge in [-0.05, 0) is 18.6 Å². The topological polar surface area (TPSA) is 92.7 Å². The molecule has 0 saturated carbocycles. The molecular formula is C14H19ClNO5P. The average molecular weight is 348 g/mol. The van der Waals surface area contributed by atoms with Gasteiger partial charge in [0.05, 0.1) is 6.61 Å². The quantitative estimate of drug-likeness (QED) is 0.528. The molecule has 22 heavy (non-hydrogen) atoms. The van der Waals surface area contributed by atoms with Crippen molar-refractivity contribution in [1.82, 2.24) is 5.32 Å². The van der Waals surface area contributed by atoms with E-state index >= 15 is 0 Å². The Kier molecular flexibility index (Phi) is 7.59. The molecule has 1 aromatic carbocycles. The van der Waals surface area contributed by atoms with Gasteiger partial charge in [0, 0.05) is 24.3 Å². The molecule has 0 spiro atoms. The summed E-state index contributed by atoms with van der Waals surface area (Å²) >= 11 is 5.46. The van der Waals surface area contributed by atoms with Gasteiger partial charge < -0.3 is 14.9 Å². The van der Waals surface area contributed by atoms with Crippen LogP contribution in [0.2, 0.25) is 0 Å². The highest BCUT2D eigenvalue weighted by Gasteiger charge is 2.25. The Hall–Kier alpha value is -1.36. The van der Waals surface area contributed by atoms with Crippen LogP contribution >= 0.6 is 19.0 Å². The molecule has 0 heterocycles. The molecule has 1 rings (SSSR count). The van der Waals surface area contributed by atoms with Crippen LogP contribution in [0.1, 0.15) is 16.8 Å². The summed E-state index contributed by atoms with van der Waals surface area (Å²) in [4.78, 5) is 23.2. The third kappa shape index (κ3) is 6.60. The first-order chi connectivity index (χ1) is 10.4. The van der Waals surface area contributed by atoms with Crippen LogP contribution in [0, 0.1) is 0 Å². The Morgan fingerprint density at radius 2 is 2.00 bits per heavy atom. The first-order valence-electron chi connectivity index (χ1n) is 6.71.